The van der Waals surface area contributed by atoms with Crippen LogP contribution in [0.15, 0.2) is 60.7 Å². The molecule has 0 bridgehead atoms. The number of likely N-dealkylation sites (N-methyl/N-ethyl adjacent to an activating group) is 1. The summed E-state index contributed by atoms with van der Waals surface area (Å²) in [7, 11) is 1.85. The molecule has 0 aliphatic carbocycles. The van der Waals surface area contributed by atoms with Gasteiger partial charge in [0.1, 0.15) is 0 Å². The van der Waals surface area contributed by atoms with Gasteiger partial charge in [0.25, 0.3) is 5.91 Å². The van der Waals surface area contributed by atoms with Gasteiger partial charge in [-0.2, -0.15) is 5.06 Å². The summed E-state index contributed by atoms with van der Waals surface area (Å²) in [6.07, 6.45) is 0. The minimum absolute atomic E-state index is 0.153. The zero-order valence-corrected chi connectivity index (χ0v) is 11.4. The van der Waals surface area contributed by atoms with Gasteiger partial charge in [-0.15, -0.1) is 0 Å². The third kappa shape index (κ3) is 3.91. The molecule has 0 fully saturated rings. The summed E-state index contributed by atoms with van der Waals surface area (Å²) in [6, 6.07) is 18.7. The summed E-state index contributed by atoms with van der Waals surface area (Å²) in [5.74, 6) is -0.352. The third-order valence-corrected chi connectivity index (χ3v) is 2.94. The normalized spacial score (nSPS) is 10.6. The summed E-state index contributed by atoms with van der Waals surface area (Å²) in [4.78, 5) is 13.8. The third-order valence-electron chi connectivity index (χ3n) is 2.94. The lowest BCUT2D eigenvalue weighted by atomic mass is 10.2. The number of hydrogen-bond donors (Lipinski definition) is 1. The SMILES string of the molecule is CN(CC(=O)N(O)c1ccccc1)Cc1ccccc1. The van der Waals surface area contributed by atoms with Crippen molar-refractivity contribution >= 4 is 11.6 Å². The number of carbonyl (C=O) groups is 1. The molecule has 2 aromatic rings. The van der Waals surface area contributed by atoms with Crippen LogP contribution in [0.25, 0.3) is 0 Å². The first-order valence-electron chi connectivity index (χ1n) is 6.46. The molecular formula is C16H18N2O2. The summed E-state index contributed by atoms with van der Waals surface area (Å²) >= 11 is 0. The monoisotopic (exact) mass is 270 g/mol. The molecule has 2 aromatic carbocycles. The van der Waals surface area contributed by atoms with Crippen molar-refractivity contribution in [3.8, 4) is 0 Å². The van der Waals surface area contributed by atoms with Gasteiger partial charge < -0.3 is 0 Å². The van der Waals surface area contributed by atoms with E-state index >= 15 is 0 Å². The molecule has 0 radical (unpaired) electrons. The number of hydrogen-bond acceptors (Lipinski definition) is 3. The lowest BCUT2D eigenvalue weighted by molar-refractivity contribution is -0.124. The van der Waals surface area contributed by atoms with Crippen LogP contribution in [0.5, 0.6) is 0 Å². The van der Waals surface area contributed by atoms with Crippen molar-refractivity contribution in [2.45, 2.75) is 6.54 Å². The van der Waals surface area contributed by atoms with E-state index in [2.05, 4.69) is 0 Å². The highest BCUT2D eigenvalue weighted by Gasteiger charge is 2.15. The molecule has 0 saturated heterocycles. The Balaban J connectivity index is 1.91. The number of nitrogens with zero attached hydrogens (tertiary/aromatic N) is 2. The van der Waals surface area contributed by atoms with Crippen molar-refractivity contribution in [3.63, 3.8) is 0 Å². The molecule has 0 aliphatic rings. The van der Waals surface area contributed by atoms with Crippen LogP contribution in [-0.2, 0) is 11.3 Å². The van der Waals surface area contributed by atoms with E-state index in [1.165, 1.54) is 0 Å². The van der Waals surface area contributed by atoms with Crippen molar-refractivity contribution in [3.05, 3.63) is 66.2 Å². The molecule has 20 heavy (non-hydrogen) atoms. The van der Waals surface area contributed by atoms with Crippen molar-refractivity contribution in [1.29, 1.82) is 0 Å². The van der Waals surface area contributed by atoms with Gasteiger partial charge in [0.05, 0.1) is 12.2 Å². The minimum Gasteiger partial charge on any atom is -0.293 e. The van der Waals surface area contributed by atoms with E-state index in [9.17, 15) is 10.0 Å². The molecule has 4 nitrogen and oxygen atoms in total. The first kappa shape index (κ1) is 14.2. The number of rotatable bonds is 5. The number of benzene rings is 2. The van der Waals surface area contributed by atoms with Crippen LogP contribution in [0.2, 0.25) is 0 Å². The van der Waals surface area contributed by atoms with Gasteiger partial charge >= 0.3 is 0 Å². The van der Waals surface area contributed by atoms with E-state index in [4.69, 9.17) is 0 Å². The van der Waals surface area contributed by atoms with Gasteiger partial charge in [0.15, 0.2) is 0 Å². The molecule has 1 N–H and O–H groups in total. The number of carbonyl (C=O) groups excluding carboxylic acids is 1. The van der Waals surface area contributed by atoms with E-state index < -0.39 is 0 Å². The predicted molar refractivity (Wildman–Crippen MR) is 78.5 cm³/mol. The Morgan fingerprint density at radius 1 is 1.00 bits per heavy atom. The van der Waals surface area contributed by atoms with E-state index in [0.29, 0.717) is 17.3 Å². The Morgan fingerprint density at radius 2 is 1.55 bits per heavy atom. The average Bonchev–Trinajstić information content (AvgIpc) is 2.48. The zero-order valence-electron chi connectivity index (χ0n) is 11.4. The molecule has 1 amide bonds. The molecule has 0 atom stereocenters. The summed E-state index contributed by atoms with van der Waals surface area (Å²) in [5.41, 5.74) is 1.61. The Morgan fingerprint density at radius 3 is 2.15 bits per heavy atom. The molecule has 0 aliphatic heterocycles. The lowest BCUT2D eigenvalue weighted by Gasteiger charge is -2.20. The van der Waals surface area contributed by atoms with E-state index in [1.54, 1.807) is 24.3 Å². The number of anilines is 1. The Kier molecular flexibility index (Phi) is 4.87. The van der Waals surface area contributed by atoms with Crippen LogP contribution >= 0.6 is 0 Å². The van der Waals surface area contributed by atoms with Crippen LogP contribution in [0.4, 0.5) is 5.69 Å². The van der Waals surface area contributed by atoms with Crippen molar-refractivity contribution < 1.29 is 10.0 Å². The van der Waals surface area contributed by atoms with Gasteiger partial charge in [-0.3, -0.25) is 14.9 Å². The fourth-order valence-electron chi connectivity index (χ4n) is 1.96. The van der Waals surface area contributed by atoms with Crippen LogP contribution in [0, 0.1) is 0 Å². The Bertz CT molecular complexity index is 543. The standard InChI is InChI=1S/C16H18N2O2/c1-17(12-14-8-4-2-5-9-14)13-16(19)18(20)15-10-6-3-7-11-15/h2-11,20H,12-13H2,1H3. The van der Waals surface area contributed by atoms with Crippen LogP contribution in [0.3, 0.4) is 0 Å². The number of para-hydroxylation sites is 1. The minimum atomic E-state index is -0.352. The second-order valence-electron chi connectivity index (χ2n) is 4.70. The topological polar surface area (TPSA) is 43.8 Å². The maximum atomic E-state index is 12.0. The second-order valence-corrected chi connectivity index (χ2v) is 4.70. The Hall–Kier alpha value is -2.17. The van der Waals surface area contributed by atoms with Gasteiger partial charge in [-0.05, 0) is 24.7 Å². The molecular weight excluding hydrogens is 252 g/mol. The van der Waals surface area contributed by atoms with E-state index in [0.717, 1.165) is 5.56 Å². The molecule has 0 spiro atoms. The zero-order chi connectivity index (χ0) is 14.4. The second kappa shape index (κ2) is 6.84. The highest BCUT2D eigenvalue weighted by molar-refractivity contribution is 5.92. The first-order valence-corrected chi connectivity index (χ1v) is 6.46. The highest BCUT2D eigenvalue weighted by Crippen LogP contribution is 2.11. The maximum absolute atomic E-state index is 12.0. The summed E-state index contributed by atoms with van der Waals surface area (Å²) in [5, 5.41) is 10.6. The van der Waals surface area contributed by atoms with Crippen molar-refractivity contribution in [2.24, 2.45) is 0 Å². The molecule has 0 saturated carbocycles. The predicted octanol–water partition coefficient (Wildman–Crippen LogP) is 2.54. The molecule has 104 valence electrons. The summed E-state index contributed by atoms with van der Waals surface area (Å²) < 4.78 is 0. The Labute approximate surface area is 118 Å². The van der Waals surface area contributed by atoms with Crippen LogP contribution in [0.1, 0.15) is 5.56 Å². The fraction of sp³-hybridized carbons (Fsp3) is 0.188. The average molecular weight is 270 g/mol. The molecule has 4 heteroatoms. The molecule has 0 aromatic heterocycles. The van der Waals surface area contributed by atoms with Crippen LogP contribution < -0.4 is 5.06 Å². The van der Waals surface area contributed by atoms with Crippen molar-refractivity contribution in [2.75, 3.05) is 18.7 Å². The highest BCUT2D eigenvalue weighted by atomic mass is 16.5. The fourth-order valence-corrected chi connectivity index (χ4v) is 1.96. The van der Waals surface area contributed by atoms with E-state index in [-0.39, 0.29) is 12.5 Å². The number of hydroxylamine groups is 1. The molecule has 2 rings (SSSR count). The van der Waals surface area contributed by atoms with E-state index in [1.807, 2.05) is 48.3 Å². The van der Waals surface area contributed by atoms with Gasteiger partial charge in [0, 0.05) is 6.54 Å². The van der Waals surface area contributed by atoms with Crippen LogP contribution in [-0.4, -0.2) is 29.6 Å². The van der Waals surface area contributed by atoms with Gasteiger partial charge in [-0.1, -0.05) is 48.5 Å². The largest absolute Gasteiger partial charge is 0.293 e. The molecule has 0 unspecified atom stereocenters. The maximum Gasteiger partial charge on any atom is 0.264 e. The van der Waals surface area contributed by atoms with Gasteiger partial charge in [-0.25, -0.2) is 0 Å². The quantitative estimate of drug-likeness (QED) is 0.670. The smallest absolute Gasteiger partial charge is 0.264 e. The lowest BCUT2D eigenvalue weighted by Crippen LogP contribution is -2.36. The summed E-state index contributed by atoms with van der Waals surface area (Å²) in [6.45, 7) is 0.815. The van der Waals surface area contributed by atoms with Gasteiger partial charge in [0.2, 0.25) is 0 Å². The molecule has 0 heterocycles. The first-order chi connectivity index (χ1) is 9.66. The van der Waals surface area contributed by atoms with Crippen molar-refractivity contribution in [1.82, 2.24) is 4.90 Å². The number of amides is 1.